The predicted octanol–water partition coefficient (Wildman–Crippen LogP) is 1.91. The Labute approximate surface area is 150 Å². The van der Waals surface area contributed by atoms with Gasteiger partial charge in [0.25, 0.3) is 0 Å². The van der Waals surface area contributed by atoms with Gasteiger partial charge in [0.2, 0.25) is 0 Å². The van der Waals surface area contributed by atoms with Crippen LogP contribution in [0.4, 0.5) is 0 Å². The quantitative estimate of drug-likeness (QED) is 0.750. The number of piperidine rings is 1. The van der Waals surface area contributed by atoms with Crippen LogP contribution < -0.4 is 5.32 Å². The summed E-state index contributed by atoms with van der Waals surface area (Å²) in [6, 6.07) is 5.37. The van der Waals surface area contributed by atoms with E-state index < -0.39 is 0 Å². The van der Waals surface area contributed by atoms with Crippen molar-refractivity contribution in [3.8, 4) is 22.7 Å². The molecule has 2 atom stereocenters. The number of nitrogens with zero attached hydrogens (tertiary/aromatic N) is 5. The van der Waals surface area contributed by atoms with E-state index in [1.165, 1.54) is 0 Å². The molecule has 7 heteroatoms. The van der Waals surface area contributed by atoms with Gasteiger partial charge in [0.15, 0.2) is 5.82 Å². The molecule has 3 heterocycles. The largest absolute Gasteiger partial charge is 0.507 e. The highest BCUT2D eigenvalue weighted by Gasteiger charge is 2.54. The van der Waals surface area contributed by atoms with Crippen molar-refractivity contribution >= 4 is 5.57 Å². The average Bonchev–Trinajstić information content (AvgIpc) is 3.07. The summed E-state index contributed by atoms with van der Waals surface area (Å²) in [7, 11) is 0. The molecule has 1 aliphatic carbocycles. The molecule has 0 spiro atoms. The number of rotatable bonds is 4. The zero-order valence-corrected chi connectivity index (χ0v) is 14.1. The Morgan fingerprint density at radius 1 is 1.23 bits per heavy atom. The van der Waals surface area contributed by atoms with Crippen molar-refractivity contribution < 1.29 is 5.11 Å². The van der Waals surface area contributed by atoms with Crippen molar-refractivity contribution in [2.75, 3.05) is 13.1 Å². The first kappa shape index (κ1) is 15.2. The zero-order chi connectivity index (χ0) is 17.7. The van der Waals surface area contributed by atoms with Gasteiger partial charge in [-0.1, -0.05) is 6.58 Å². The van der Waals surface area contributed by atoms with Crippen molar-refractivity contribution in [2.24, 2.45) is 17.8 Å². The smallest absolute Gasteiger partial charge is 0.177 e. The fourth-order valence-electron chi connectivity index (χ4n) is 3.94. The molecule has 2 N–H and O–H groups in total. The van der Waals surface area contributed by atoms with E-state index in [-0.39, 0.29) is 5.75 Å². The molecule has 1 saturated heterocycles. The van der Waals surface area contributed by atoms with E-state index >= 15 is 0 Å². The van der Waals surface area contributed by atoms with Gasteiger partial charge in [0.05, 0.1) is 18.2 Å². The molecule has 3 aromatic rings. The Balaban J connectivity index is 1.38. The second-order valence-corrected chi connectivity index (χ2v) is 6.88. The lowest BCUT2D eigenvalue weighted by molar-refractivity contribution is 0.476. The maximum atomic E-state index is 10.4. The van der Waals surface area contributed by atoms with Crippen LogP contribution in [-0.2, 0) is 0 Å². The Bertz CT molecular complexity index is 956. The highest BCUT2D eigenvalue weighted by molar-refractivity contribution is 5.69. The second kappa shape index (κ2) is 5.74. The minimum Gasteiger partial charge on any atom is -0.507 e. The Hall–Kier alpha value is -3.06. The topological polar surface area (TPSA) is 88.8 Å². The summed E-state index contributed by atoms with van der Waals surface area (Å²) < 4.78 is 1.82. The third-order valence-corrected chi connectivity index (χ3v) is 5.40. The molecular weight excluding hydrogens is 328 g/mol. The second-order valence-electron chi connectivity index (χ2n) is 6.88. The lowest BCUT2D eigenvalue weighted by atomic mass is 10.1. The van der Waals surface area contributed by atoms with Crippen molar-refractivity contribution in [2.45, 2.75) is 0 Å². The van der Waals surface area contributed by atoms with E-state index in [1.54, 1.807) is 24.8 Å². The van der Waals surface area contributed by atoms with Gasteiger partial charge in [-0.05, 0) is 48.5 Å². The van der Waals surface area contributed by atoms with Gasteiger partial charge in [-0.3, -0.25) is 0 Å². The fourth-order valence-corrected chi connectivity index (χ4v) is 3.94. The summed E-state index contributed by atoms with van der Waals surface area (Å²) in [4.78, 5) is 8.45. The minimum absolute atomic E-state index is 0.127. The molecule has 5 rings (SSSR count). The number of phenols is 1. The summed E-state index contributed by atoms with van der Waals surface area (Å²) in [5, 5.41) is 22.3. The molecule has 26 heavy (non-hydrogen) atoms. The number of aromatic hydroxyl groups is 1. The van der Waals surface area contributed by atoms with Crippen molar-refractivity contribution in [1.82, 2.24) is 30.0 Å². The van der Waals surface area contributed by atoms with Crippen LogP contribution in [0, 0.1) is 17.8 Å². The van der Waals surface area contributed by atoms with E-state index in [9.17, 15) is 5.11 Å². The molecule has 1 aliphatic heterocycles. The zero-order valence-electron chi connectivity index (χ0n) is 14.1. The van der Waals surface area contributed by atoms with Crippen LogP contribution in [0.2, 0.25) is 0 Å². The third kappa shape index (κ3) is 2.40. The summed E-state index contributed by atoms with van der Waals surface area (Å²) in [6.07, 6.45) is 6.84. The molecule has 7 nitrogen and oxygen atoms in total. The van der Waals surface area contributed by atoms with Crippen LogP contribution in [0.25, 0.3) is 22.5 Å². The van der Waals surface area contributed by atoms with Crippen molar-refractivity contribution in [1.29, 1.82) is 0 Å². The van der Waals surface area contributed by atoms with Gasteiger partial charge in [-0.2, -0.15) is 0 Å². The summed E-state index contributed by atoms with van der Waals surface area (Å²) in [5.74, 6) is 2.55. The van der Waals surface area contributed by atoms with Crippen LogP contribution >= 0.6 is 0 Å². The molecule has 130 valence electrons. The average molecular weight is 346 g/mol. The van der Waals surface area contributed by atoms with E-state index in [1.807, 2.05) is 22.9 Å². The Kier molecular flexibility index (Phi) is 3.36. The van der Waals surface area contributed by atoms with Gasteiger partial charge >= 0.3 is 0 Å². The first-order valence-electron chi connectivity index (χ1n) is 8.63. The van der Waals surface area contributed by atoms with Gasteiger partial charge in [-0.25, -0.2) is 9.97 Å². The number of fused-ring (bicyclic) bond motifs is 1. The van der Waals surface area contributed by atoms with Crippen LogP contribution in [0.15, 0.2) is 49.7 Å². The third-order valence-electron chi connectivity index (χ3n) is 5.40. The number of allylic oxidation sites excluding steroid dienone is 1. The molecule has 1 aromatic carbocycles. The Morgan fingerprint density at radius 2 is 2.08 bits per heavy atom. The molecule has 1 saturated carbocycles. The minimum atomic E-state index is 0.127. The van der Waals surface area contributed by atoms with E-state index in [4.69, 9.17) is 0 Å². The van der Waals surface area contributed by atoms with Crippen molar-refractivity contribution in [3.63, 3.8) is 0 Å². The summed E-state index contributed by atoms with van der Waals surface area (Å²) in [6.45, 7) is 6.28. The lowest BCUT2D eigenvalue weighted by Gasteiger charge is -2.09. The highest BCUT2D eigenvalue weighted by atomic mass is 16.3. The van der Waals surface area contributed by atoms with Gasteiger partial charge in [-0.15, -0.1) is 10.2 Å². The molecule has 2 fully saturated rings. The number of hydrogen-bond acceptors (Lipinski definition) is 6. The van der Waals surface area contributed by atoms with Crippen LogP contribution in [0.3, 0.4) is 0 Å². The maximum absolute atomic E-state index is 10.4. The molecule has 2 aliphatic rings. The van der Waals surface area contributed by atoms with Crippen LogP contribution in [-0.4, -0.2) is 42.9 Å². The highest BCUT2D eigenvalue weighted by Crippen LogP contribution is 2.54. The molecule has 2 unspecified atom stereocenters. The van der Waals surface area contributed by atoms with Crippen LogP contribution in [0.1, 0.15) is 5.82 Å². The maximum Gasteiger partial charge on any atom is 0.177 e. The molecule has 0 amide bonds. The number of aromatic nitrogens is 5. The number of nitrogens with one attached hydrogen (secondary N) is 1. The van der Waals surface area contributed by atoms with E-state index in [2.05, 4.69) is 32.1 Å². The molecule has 0 radical (unpaired) electrons. The summed E-state index contributed by atoms with van der Waals surface area (Å²) in [5.41, 5.74) is 2.93. The normalized spacial score (nSPS) is 23.6. The molecule has 2 aromatic heterocycles. The van der Waals surface area contributed by atoms with Gasteiger partial charge < -0.3 is 15.0 Å². The van der Waals surface area contributed by atoms with Gasteiger partial charge in [0.1, 0.15) is 11.4 Å². The predicted molar refractivity (Wildman–Crippen MR) is 96.4 cm³/mol. The SMILES string of the molecule is C=C(c1ncc(-c2ccc(-n3ccnc3)cc2O)nn1)C1C2CNCC21. The van der Waals surface area contributed by atoms with E-state index in [0.29, 0.717) is 34.8 Å². The molecular formula is C19H18N6O. The number of imidazole rings is 1. The van der Waals surface area contributed by atoms with Crippen molar-refractivity contribution in [3.05, 3.63) is 55.5 Å². The van der Waals surface area contributed by atoms with E-state index in [0.717, 1.165) is 24.4 Å². The summed E-state index contributed by atoms with van der Waals surface area (Å²) >= 11 is 0. The molecule has 0 bridgehead atoms. The Morgan fingerprint density at radius 3 is 2.73 bits per heavy atom. The fraction of sp³-hybridized carbons (Fsp3) is 0.263. The first-order chi connectivity index (χ1) is 12.7. The van der Waals surface area contributed by atoms with Crippen LogP contribution in [0.5, 0.6) is 5.75 Å². The standard InChI is InChI=1S/C19H18N6O/c1-11(18-14-7-21-8-15(14)18)19-22-9-16(23-24-19)13-3-2-12(6-17(13)26)25-5-4-20-10-25/h2-6,9-10,14-15,18,21,26H,1,7-8H2. The number of phenolic OH excluding ortho intramolecular Hbond substituents is 1. The lowest BCUT2D eigenvalue weighted by Crippen LogP contribution is -2.15. The monoisotopic (exact) mass is 346 g/mol. The first-order valence-corrected chi connectivity index (χ1v) is 8.63. The van der Waals surface area contributed by atoms with Gasteiger partial charge in [0, 0.05) is 24.0 Å². The number of hydrogen-bond donors (Lipinski definition) is 2. The number of benzene rings is 1.